The molecule has 0 aromatic carbocycles. The van der Waals surface area contributed by atoms with Crippen molar-refractivity contribution in [3.8, 4) is 0 Å². The number of piperidine rings is 1. The van der Waals surface area contributed by atoms with Gasteiger partial charge in [0.2, 0.25) is 0 Å². The third-order valence-corrected chi connectivity index (χ3v) is 4.06. The summed E-state index contributed by atoms with van der Waals surface area (Å²) >= 11 is 0. The zero-order valence-corrected chi connectivity index (χ0v) is 11.7. The number of amides is 1. The summed E-state index contributed by atoms with van der Waals surface area (Å²) in [6.07, 6.45) is 6.44. The lowest BCUT2D eigenvalue weighted by Crippen LogP contribution is -2.43. The molecule has 0 radical (unpaired) electrons. The van der Waals surface area contributed by atoms with E-state index in [1.54, 1.807) is 0 Å². The number of carbonyl (C=O) groups excluding carboxylic acids is 1. The summed E-state index contributed by atoms with van der Waals surface area (Å²) in [5.41, 5.74) is 0.842. The summed E-state index contributed by atoms with van der Waals surface area (Å²) < 4.78 is 5.87. The second-order valence-corrected chi connectivity index (χ2v) is 5.53. The second kappa shape index (κ2) is 6.89. The second-order valence-electron chi connectivity index (χ2n) is 5.53. The first kappa shape index (κ1) is 14.3. The van der Waals surface area contributed by atoms with Gasteiger partial charge in [-0.15, -0.1) is 0 Å². The minimum Gasteiger partial charge on any atom is -0.411 e. The predicted molar refractivity (Wildman–Crippen MR) is 72.5 cm³/mol. The van der Waals surface area contributed by atoms with Gasteiger partial charge in [-0.05, 0) is 51.9 Å². The lowest BCUT2D eigenvalue weighted by molar-refractivity contribution is -0.147. The van der Waals surface area contributed by atoms with E-state index < -0.39 is 0 Å². The van der Waals surface area contributed by atoms with Crippen LogP contribution in [0.1, 0.15) is 51.9 Å². The lowest BCUT2D eigenvalue weighted by Gasteiger charge is -2.31. The predicted octanol–water partition coefficient (Wildman–Crippen LogP) is 2.18. The fourth-order valence-corrected chi connectivity index (χ4v) is 2.88. The van der Waals surface area contributed by atoms with E-state index in [1.165, 1.54) is 6.42 Å². The Labute approximate surface area is 114 Å². The number of rotatable bonds is 3. The zero-order chi connectivity index (χ0) is 13.7. The molecule has 1 unspecified atom stereocenters. The van der Waals surface area contributed by atoms with E-state index in [2.05, 4.69) is 5.16 Å². The molecule has 1 saturated heterocycles. The average Bonchev–Trinajstić information content (AvgIpc) is 2.48. The number of ether oxygens (including phenoxy) is 1. The first-order chi connectivity index (χ1) is 9.20. The third-order valence-electron chi connectivity index (χ3n) is 4.06. The molecule has 0 spiro atoms. The molecule has 19 heavy (non-hydrogen) atoms. The molecule has 2 rings (SSSR count). The summed E-state index contributed by atoms with van der Waals surface area (Å²) in [6, 6.07) is 0. The van der Waals surface area contributed by atoms with Crippen molar-refractivity contribution < 1.29 is 14.7 Å². The van der Waals surface area contributed by atoms with E-state index in [4.69, 9.17) is 9.94 Å². The van der Waals surface area contributed by atoms with Crippen LogP contribution in [0.15, 0.2) is 5.16 Å². The van der Waals surface area contributed by atoms with Gasteiger partial charge in [-0.3, -0.25) is 4.79 Å². The first-order valence-electron chi connectivity index (χ1n) is 7.34. The normalized spacial score (nSPS) is 26.1. The fraction of sp³-hybridized carbons (Fsp3) is 0.857. The molecule has 0 aromatic rings. The molecule has 1 heterocycles. The fourth-order valence-electron chi connectivity index (χ4n) is 2.88. The Balaban J connectivity index is 1.77. The van der Waals surface area contributed by atoms with Crippen molar-refractivity contribution in [3.63, 3.8) is 0 Å². The van der Waals surface area contributed by atoms with Crippen molar-refractivity contribution in [2.45, 2.75) is 64.1 Å². The van der Waals surface area contributed by atoms with E-state index >= 15 is 0 Å². The van der Waals surface area contributed by atoms with Gasteiger partial charge in [0.15, 0.2) is 0 Å². The summed E-state index contributed by atoms with van der Waals surface area (Å²) in [7, 11) is 0. The molecule has 1 atom stereocenters. The average molecular weight is 268 g/mol. The van der Waals surface area contributed by atoms with E-state index in [9.17, 15) is 4.79 Å². The van der Waals surface area contributed by atoms with Gasteiger partial charge in [0.05, 0.1) is 11.8 Å². The standard InChI is InChI=1S/C14H24N2O3/c1-11(14(17)16-9-3-2-4-10-16)19-13-7-5-12(15-18)6-8-13/h11,13,18H,2-10H2,1H3. The van der Waals surface area contributed by atoms with Gasteiger partial charge in [-0.25, -0.2) is 0 Å². The molecular formula is C14H24N2O3. The van der Waals surface area contributed by atoms with Crippen LogP contribution in [0.4, 0.5) is 0 Å². The number of hydrogen-bond donors (Lipinski definition) is 1. The van der Waals surface area contributed by atoms with Crippen molar-refractivity contribution >= 4 is 11.6 Å². The van der Waals surface area contributed by atoms with E-state index in [0.717, 1.165) is 57.3 Å². The minimum atomic E-state index is -0.351. The zero-order valence-electron chi connectivity index (χ0n) is 11.7. The molecule has 0 bridgehead atoms. The summed E-state index contributed by atoms with van der Waals surface area (Å²) in [6.45, 7) is 3.60. The summed E-state index contributed by atoms with van der Waals surface area (Å²) in [5, 5.41) is 12.0. The Kier molecular flexibility index (Phi) is 5.19. The highest BCUT2D eigenvalue weighted by Gasteiger charge is 2.27. The van der Waals surface area contributed by atoms with Crippen molar-refractivity contribution in [1.82, 2.24) is 4.90 Å². The first-order valence-corrected chi connectivity index (χ1v) is 7.34. The Morgan fingerprint density at radius 3 is 2.53 bits per heavy atom. The molecule has 5 heteroatoms. The van der Waals surface area contributed by atoms with Crippen molar-refractivity contribution in [3.05, 3.63) is 0 Å². The monoisotopic (exact) mass is 268 g/mol. The number of hydrogen-bond acceptors (Lipinski definition) is 4. The molecule has 2 fully saturated rings. The highest BCUT2D eigenvalue weighted by Crippen LogP contribution is 2.21. The minimum absolute atomic E-state index is 0.120. The topological polar surface area (TPSA) is 62.1 Å². The van der Waals surface area contributed by atoms with E-state index in [0.29, 0.717) is 0 Å². The molecule has 1 saturated carbocycles. The van der Waals surface area contributed by atoms with Crippen molar-refractivity contribution in [2.75, 3.05) is 13.1 Å². The molecule has 1 N–H and O–H groups in total. The lowest BCUT2D eigenvalue weighted by atomic mass is 9.95. The molecule has 2 aliphatic rings. The summed E-state index contributed by atoms with van der Waals surface area (Å²) in [5.74, 6) is 0.126. The Hall–Kier alpha value is -1.10. The van der Waals surface area contributed by atoms with E-state index in [1.807, 2.05) is 11.8 Å². The Morgan fingerprint density at radius 1 is 1.32 bits per heavy atom. The number of carbonyl (C=O) groups is 1. The number of oxime groups is 1. The van der Waals surface area contributed by atoms with Gasteiger partial charge >= 0.3 is 0 Å². The van der Waals surface area contributed by atoms with Crippen molar-refractivity contribution in [1.29, 1.82) is 0 Å². The maximum atomic E-state index is 12.2. The number of likely N-dealkylation sites (tertiary alicyclic amines) is 1. The smallest absolute Gasteiger partial charge is 0.251 e. The molecule has 0 aromatic heterocycles. The Morgan fingerprint density at radius 2 is 1.95 bits per heavy atom. The maximum Gasteiger partial charge on any atom is 0.251 e. The van der Waals surface area contributed by atoms with Crippen LogP contribution in [0.25, 0.3) is 0 Å². The van der Waals surface area contributed by atoms with Crippen LogP contribution in [0.5, 0.6) is 0 Å². The SMILES string of the molecule is CC(OC1CCC(=NO)CC1)C(=O)N1CCCCC1. The van der Waals surface area contributed by atoms with Gasteiger partial charge in [-0.1, -0.05) is 5.16 Å². The van der Waals surface area contributed by atoms with Gasteiger partial charge in [0, 0.05) is 13.1 Å². The largest absolute Gasteiger partial charge is 0.411 e. The van der Waals surface area contributed by atoms with Crippen LogP contribution < -0.4 is 0 Å². The van der Waals surface area contributed by atoms with Crippen molar-refractivity contribution in [2.24, 2.45) is 5.16 Å². The van der Waals surface area contributed by atoms with Crippen LogP contribution in [0, 0.1) is 0 Å². The number of nitrogens with zero attached hydrogens (tertiary/aromatic N) is 2. The van der Waals surface area contributed by atoms with Crippen LogP contribution in [0.2, 0.25) is 0 Å². The molecule has 5 nitrogen and oxygen atoms in total. The molecular weight excluding hydrogens is 244 g/mol. The van der Waals surface area contributed by atoms with Gasteiger partial charge in [0.1, 0.15) is 6.10 Å². The molecule has 1 aliphatic carbocycles. The summed E-state index contributed by atoms with van der Waals surface area (Å²) in [4.78, 5) is 14.2. The van der Waals surface area contributed by atoms with E-state index in [-0.39, 0.29) is 18.1 Å². The van der Waals surface area contributed by atoms with Crippen LogP contribution >= 0.6 is 0 Å². The van der Waals surface area contributed by atoms with Crippen LogP contribution in [0.3, 0.4) is 0 Å². The van der Waals surface area contributed by atoms with Crippen LogP contribution in [-0.4, -0.2) is 47.0 Å². The van der Waals surface area contributed by atoms with Gasteiger partial charge < -0.3 is 14.8 Å². The maximum absolute atomic E-state index is 12.2. The molecule has 1 amide bonds. The Bertz CT molecular complexity index is 328. The third kappa shape index (κ3) is 3.93. The van der Waals surface area contributed by atoms with Gasteiger partial charge in [-0.2, -0.15) is 0 Å². The van der Waals surface area contributed by atoms with Gasteiger partial charge in [0.25, 0.3) is 5.91 Å². The molecule has 1 aliphatic heterocycles. The van der Waals surface area contributed by atoms with Crippen LogP contribution in [-0.2, 0) is 9.53 Å². The quantitative estimate of drug-likeness (QED) is 0.630. The highest BCUT2D eigenvalue weighted by atomic mass is 16.5. The molecule has 108 valence electrons. The highest BCUT2D eigenvalue weighted by molar-refractivity contribution is 5.84.